The number of hydrogen-bond donors (Lipinski definition) is 2. The average molecular weight is 560 g/mol. The van der Waals surface area contributed by atoms with Crippen LogP contribution in [0.25, 0.3) is 11.1 Å². The predicted molar refractivity (Wildman–Crippen MR) is 142 cm³/mol. The SMILES string of the molecule is CC(=O)NCC1CN(c2ccc(-c3ccc(CNC(=O)COc4ccc(Cl)cc4Cl)cc3)c(F)c2)C(=O)O1. The molecule has 1 heterocycles. The third kappa shape index (κ3) is 6.93. The van der Waals surface area contributed by atoms with E-state index in [1.54, 1.807) is 48.5 Å². The van der Waals surface area contributed by atoms with Crippen LogP contribution in [0.4, 0.5) is 14.9 Å². The summed E-state index contributed by atoms with van der Waals surface area (Å²) in [5, 5.41) is 6.14. The van der Waals surface area contributed by atoms with Crippen molar-refractivity contribution in [1.29, 1.82) is 0 Å². The molecule has 4 rings (SSSR count). The molecule has 38 heavy (non-hydrogen) atoms. The second-order valence-corrected chi connectivity index (χ2v) is 9.40. The number of halogens is 3. The summed E-state index contributed by atoms with van der Waals surface area (Å²) < 4.78 is 25.6. The molecule has 0 radical (unpaired) electrons. The summed E-state index contributed by atoms with van der Waals surface area (Å²) in [6, 6.07) is 16.3. The largest absolute Gasteiger partial charge is 0.482 e. The maximum Gasteiger partial charge on any atom is 0.414 e. The van der Waals surface area contributed by atoms with Gasteiger partial charge < -0.3 is 20.1 Å². The minimum absolute atomic E-state index is 0.189. The Morgan fingerprint density at radius 1 is 1.08 bits per heavy atom. The van der Waals surface area contributed by atoms with Crippen molar-refractivity contribution in [3.63, 3.8) is 0 Å². The van der Waals surface area contributed by atoms with Crippen LogP contribution in [0.5, 0.6) is 5.75 Å². The highest BCUT2D eigenvalue weighted by atomic mass is 35.5. The standard InChI is InChI=1S/C27H24Cl2FN3O5/c1-16(34)31-13-21-14-33(27(36)38-21)20-7-8-22(24(30)11-20)18-4-2-17(3-5-18)12-32-26(35)15-37-25-9-6-19(28)10-23(25)29/h2-11,21H,12-15H2,1H3,(H,31,34)(H,32,35). The number of nitrogens with zero attached hydrogens (tertiary/aromatic N) is 1. The van der Waals surface area contributed by atoms with E-state index in [9.17, 15) is 18.8 Å². The minimum atomic E-state index is -0.597. The van der Waals surface area contributed by atoms with Crippen molar-refractivity contribution < 1.29 is 28.2 Å². The van der Waals surface area contributed by atoms with Gasteiger partial charge in [-0.2, -0.15) is 0 Å². The molecular weight excluding hydrogens is 536 g/mol. The monoisotopic (exact) mass is 559 g/mol. The van der Waals surface area contributed by atoms with Crippen LogP contribution in [0.2, 0.25) is 10.0 Å². The molecule has 1 saturated heterocycles. The van der Waals surface area contributed by atoms with Crippen molar-refractivity contribution in [2.75, 3.05) is 24.6 Å². The molecule has 0 aromatic heterocycles. The van der Waals surface area contributed by atoms with Crippen LogP contribution in [-0.2, 0) is 20.9 Å². The maximum absolute atomic E-state index is 15.0. The summed E-state index contributed by atoms with van der Waals surface area (Å²) in [5.41, 5.74) is 2.18. The second-order valence-electron chi connectivity index (χ2n) is 8.55. The molecule has 3 aromatic rings. The van der Waals surface area contributed by atoms with Gasteiger partial charge in [-0.15, -0.1) is 0 Å². The van der Waals surface area contributed by atoms with Crippen LogP contribution < -0.4 is 20.3 Å². The molecule has 0 bridgehead atoms. The fraction of sp³-hybridized carbons (Fsp3) is 0.222. The zero-order valence-corrected chi connectivity index (χ0v) is 21.8. The maximum atomic E-state index is 15.0. The Hall–Kier alpha value is -3.82. The van der Waals surface area contributed by atoms with Crippen LogP contribution in [0.15, 0.2) is 60.7 Å². The van der Waals surface area contributed by atoms with Gasteiger partial charge in [0.2, 0.25) is 5.91 Å². The predicted octanol–water partition coefficient (Wildman–Crippen LogP) is 4.96. The molecule has 1 aliphatic heterocycles. The Morgan fingerprint density at radius 2 is 1.84 bits per heavy atom. The molecule has 3 amide bonds. The molecule has 198 valence electrons. The third-order valence-electron chi connectivity index (χ3n) is 5.72. The number of ether oxygens (including phenoxy) is 2. The summed E-state index contributed by atoms with van der Waals surface area (Å²) in [4.78, 5) is 36.8. The van der Waals surface area contributed by atoms with Crippen molar-refractivity contribution in [2.45, 2.75) is 19.6 Å². The van der Waals surface area contributed by atoms with E-state index in [1.807, 2.05) is 0 Å². The minimum Gasteiger partial charge on any atom is -0.482 e. The molecule has 11 heteroatoms. The first-order chi connectivity index (χ1) is 18.2. The van der Waals surface area contributed by atoms with E-state index in [2.05, 4.69) is 10.6 Å². The summed E-state index contributed by atoms with van der Waals surface area (Å²) >= 11 is 11.9. The topological polar surface area (TPSA) is 97.0 Å². The fourth-order valence-corrected chi connectivity index (χ4v) is 4.25. The zero-order valence-electron chi connectivity index (χ0n) is 20.3. The van der Waals surface area contributed by atoms with Crippen molar-refractivity contribution >= 4 is 46.8 Å². The van der Waals surface area contributed by atoms with Crippen LogP contribution in [0, 0.1) is 5.82 Å². The molecular formula is C27H24Cl2FN3O5. The Kier molecular flexibility index (Phi) is 8.70. The van der Waals surface area contributed by atoms with Crippen LogP contribution in [-0.4, -0.2) is 43.7 Å². The van der Waals surface area contributed by atoms with Crippen molar-refractivity contribution in [1.82, 2.24) is 10.6 Å². The normalized spacial score (nSPS) is 14.7. The summed E-state index contributed by atoms with van der Waals surface area (Å²) in [6.07, 6.45) is -1.11. The molecule has 0 aliphatic carbocycles. The van der Waals surface area contributed by atoms with Crippen molar-refractivity contribution in [3.8, 4) is 16.9 Å². The number of cyclic esters (lactones) is 1. The molecule has 0 spiro atoms. The summed E-state index contributed by atoms with van der Waals surface area (Å²) in [6.45, 7) is 1.82. The first-order valence-corrected chi connectivity index (χ1v) is 12.4. The van der Waals surface area contributed by atoms with Gasteiger partial charge in [0.25, 0.3) is 5.91 Å². The van der Waals surface area contributed by atoms with E-state index >= 15 is 0 Å². The van der Waals surface area contributed by atoms with Crippen LogP contribution in [0.3, 0.4) is 0 Å². The molecule has 0 saturated carbocycles. The van der Waals surface area contributed by atoms with Crippen LogP contribution >= 0.6 is 23.2 Å². The van der Waals surface area contributed by atoms with E-state index < -0.39 is 18.0 Å². The van der Waals surface area contributed by atoms with Gasteiger partial charge in [0, 0.05) is 24.1 Å². The van der Waals surface area contributed by atoms with E-state index in [4.69, 9.17) is 32.7 Å². The van der Waals surface area contributed by atoms with Gasteiger partial charge in [-0.05, 0) is 47.5 Å². The van der Waals surface area contributed by atoms with Gasteiger partial charge in [0.05, 0.1) is 23.8 Å². The number of anilines is 1. The number of carbonyl (C=O) groups is 3. The fourth-order valence-electron chi connectivity index (χ4n) is 3.79. The Balaban J connectivity index is 1.31. The number of amides is 3. The van der Waals surface area contributed by atoms with E-state index in [0.29, 0.717) is 32.6 Å². The molecule has 3 aromatic carbocycles. The van der Waals surface area contributed by atoms with Gasteiger partial charge in [-0.3, -0.25) is 14.5 Å². The number of hydrogen-bond acceptors (Lipinski definition) is 5. The Morgan fingerprint density at radius 3 is 2.53 bits per heavy atom. The molecule has 1 unspecified atom stereocenters. The lowest BCUT2D eigenvalue weighted by molar-refractivity contribution is -0.123. The second kappa shape index (κ2) is 12.1. The highest BCUT2D eigenvalue weighted by Crippen LogP contribution is 2.30. The van der Waals surface area contributed by atoms with Gasteiger partial charge in [0.15, 0.2) is 6.61 Å². The molecule has 8 nitrogen and oxygen atoms in total. The number of carbonyl (C=O) groups excluding carboxylic acids is 3. The van der Waals surface area contributed by atoms with E-state index in [0.717, 1.165) is 5.56 Å². The Bertz CT molecular complexity index is 1350. The third-order valence-corrected chi connectivity index (χ3v) is 6.25. The lowest BCUT2D eigenvalue weighted by atomic mass is 10.0. The highest BCUT2D eigenvalue weighted by molar-refractivity contribution is 6.35. The first-order valence-electron chi connectivity index (χ1n) is 11.7. The van der Waals surface area contributed by atoms with Crippen molar-refractivity contribution in [3.05, 3.63) is 82.1 Å². The first kappa shape index (κ1) is 27.2. The van der Waals surface area contributed by atoms with E-state index in [-0.39, 0.29) is 38.1 Å². The van der Waals surface area contributed by atoms with Gasteiger partial charge >= 0.3 is 6.09 Å². The number of benzene rings is 3. The highest BCUT2D eigenvalue weighted by Gasteiger charge is 2.32. The molecule has 2 N–H and O–H groups in total. The lowest BCUT2D eigenvalue weighted by Crippen LogP contribution is -2.33. The number of rotatable bonds is 9. The molecule has 1 atom stereocenters. The summed E-state index contributed by atoms with van der Waals surface area (Å²) in [7, 11) is 0. The van der Waals surface area contributed by atoms with Crippen molar-refractivity contribution in [2.24, 2.45) is 0 Å². The smallest absolute Gasteiger partial charge is 0.414 e. The van der Waals surface area contributed by atoms with E-state index in [1.165, 1.54) is 24.0 Å². The van der Waals surface area contributed by atoms with Gasteiger partial charge in [0.1, 0.15) is 17.7 Å². The molecule has 1 fully saturated rings. The zero-order chi connectivity index (χ0) is 27.2. The van der Waals surface area contributed by atoms with Gasteiger partial charge in [-0.25, -0.2) is 9.18 Å². The van der Waals surface area contributed by atoms with Gasteiger partial charge in [-0.1, -0.05) is 47.5 Å². The van der Waals surface area contributed by atoms with Crippen LogP contribution in [0.1, 0.15) is 12.5 Å². The lowest BCUT2D eigenvalue weighted by Gasteiger charge is -2.15. The average Bonchev–Trinajstić information content (AvgIpc) is 3.26. The quantitative estimate of drug-likeness (QED) is 0.386. The summed E-state index contributed by atoms with van der Waals surface area (Å²) in [5.74, 6) is -0.701. The Labute approximate surface area is 228 Å². The number of nitrogens with one attached hydrogen (secondary N) is 2. The molecule has 1 aliphatic rings.